The Morgan fingerprint density at radius 2 is 1.87 bits per heavy atom. The standard InChI is InChI=1S/C21H22N6O2S/c22-16-6-4-12-3-1-11(9-14(12)26-16)2-5-15-17(28)18(29)21(30-15)27-8-7-13-19(23)24-10-25-20(13)27/h1,3-4,6-10,15,17-18,21,28-29H,2,5H2,(H2,22,26)(H2,23,24,25)/t15-,17+,18+,21+/m0/s1. The minimum atomic E-state index is -0.898. The number of aryl methyl sites for hydroxylation is 1. The summed E-state index contributed by atoms with van der Waals surface area (Å²) in [7, 11) is 0. The van der Waals surface area contributed by atoms with E-state index in [0.717, 1.165) is 34.7 Å². The lowest BCUT2D eigenvalue weighted by molar-refractivity contribution is 0.0176. The smallest absolute Gasteiger partial charge is 0.146 e. The Hall–Kier alpha value is -2.88. The van der Waals surface area contributed by atoms with E-state index in [2.05, 4.69) is 21.0 Å². The second-order valence-electron chi connectivity index (χ2n) is 7.57. The third-order valence-corrected chi connectivity index (χ3v) is 7.30. The Balaban J connectivity index is 1.34. The lowest BCUT2D eigenvalue weighted by Crippen LogP contribution is -2.31. The summed E-state index contributed by atoms with van der Waals surface area (Å²) in [5, 5.41) is 22.7. The molecule has 0 radical (unpaired) electrons. The van der Waals surface area contributed by atoms with Gasteiger partial charge in [-0.2, -0.15) is 0 Å². The Labute approximate surface area is 177 Å². The van der Waals surface area contributed by atoms with E-state index in [9.17, 15) is 10.2 Å². The van der Waals surface area contributed by atoms with Crippen LogP contribution in [0, 0.1) is 0 Å². The van der Waals surface area contributed by atoms with Gasteiger partial charge in [0, 0.05) is 16.8 Å². The fourth-order valence-electron chi connectivity index (χ4n) is 4.04. The quantitative estimate of drug-likeness (QED) is 0.393. The maximum absolute atomic E-state index is 10.7. The first-order valence-corrected chi connectivity index (χ1v) is 10.7. The van der Waals surface area contributed by atoms with Gasteiger partial charge in [-0.1, -0.05) is 12.1 Å². The van der Waals surface area contributed by atoms with Gasteiger partial charge in [0.25, 0.3) is 0 Å². The van der Waals surface area contributed by atoms with E-state index >= 15 is 0 Å². The average Bonchev–Trinajstić information content (AvgIpc) is 3.29. The summed E-state index contributed by atoms with van der Waals surface area (Å²) >= 11 is 1.56. The fraction of sp³-hybridized carbons (Fsp3) is 0.286. The highest BCUT2D eigenvalue weighted by molar-refractivity contribution is 8.00. The lowest BCUT2D eigenvalue weighted by Gasteiger charge is -2.17. The molecule has 9 heteroatoms. The molecule has 6 N–H and O–H groups in total. The molecule has 3 aromatic heterocycles. The third-order valence-electron chi connectivity index (χ3n) is 5.65. The molecule has 30 heavy (non-hydrogen) atoms. The summed E-state index contributed by atoms with van der Waals surface area (Å²) in [5.41, 5.74) is 14.4. The summed E-state index contributed by atoms with van der Waals surface area (Å²) in [6, 6.07) is 11.7. The number of aromatic nitrogens is 4. The Morgan fingerprint density at radius 1 is 1.03 bits per heavy atom. The third kappa shape index (κ3) is 3.24. The number of hydrogen-bond donors (Lipinski definition) is 4. The zero-order valence-corrected chi connectivity index (χ0v) is 16.9. The van der Waals surface area contributed by atoms with Crippen LogP contribution in [0.2, 0.25) is 0 Å². The predicted octanol–water partition coefficient (Wildman–Crippen LogP) is 2.11. The van der Waals surface area contributed by atoms with E-state index in [0.29, 0.717) is 17.3 Å². The number of pyridine rings is 1. The number of rotatable bonds is 4. The lowest BCUT2D eigenvalue weighted by atomic mass is 10.0. The summed E-state index contributed by atoms with van der Waals surface area (Å²) in [4.78, 5) is 12.7. The molecule has 4 atom stereocenters. The van der Waals surface area contributed by atoms with E-state index in [1.54, 1.807) is 17.8 Å². The molecular weight excluding hydrogens is 400 g/mol. The molecule has 0 bridgehead atoms. The molecule has 1 fully saturated rings. The van der Waals surface area contributed by atoms with Crippen molar-refractivity contribution in [3.05, 3.63) is 54.5 Å². The van der Waals surface area contributed by atoms with E-state index in [4.69, 9.17) is 11.5 Å². The number of thioether (sulfide) groups is 1. The Bertz CT molecular complexity index is 1230. The van der Waals surface area contributed by atoms with Crippen LogP contribution in [-0.2, 0) is 6.42 Å². The number of nitrogens with two attached hydrogens (primary N) is 2. The van der Waals surface area contributed by atoms with Crippen LogP contribution in [-0.4, -0.2) is 47.2 Å². The monoisotopic (exact) mass is 422 g/mol. The highest BCUT2D eigenvalue weighted by Crippen LogP contribution is 2.45. The largest absolute Gasteiger partial charge is 0.389 e. The van der Waals surface area contributed by atoms with Crippen LogP contribution in [0.25, 0.3) is 21.9 Å². The molecule has 5 rings (SSSR count). The number of aliphatic hydroxyl groups excluding tert-OH is 2. The van der Waals surface area contributed by atoms with Gasteiger partial charge >= 0.3 is 0 Å². The Morgan fingerprint density at radius 3 is 2.73 bits per heavy atom. The molecular formula is C21H22N6O2S. The van der Waals surface area contributed by atoms with Crippen LogP contribution in [0.3, 0.4) is 0 Å². The van der Waals surface area contributed by atoms with E-state index < -0.39 is 12.2 Å². The SMILES string of the molecule is Nc1ccc2ccc(CC[C@@H]3S[C@@H](n4ccc5c(N)ncnc54)[C@H](O)[C@@H]3O)cc2n1. The van der Waals surface area contributed by atoms with Crippen molar-refractivity contribution < 1.29 is 10.2 Å². The zero-order chi connectivity index (χ0) is 20.8. The summed E-state index contributed by atoms with van der Waals surface area (Å²) < 4.78 is 1.87. The number of nitrogen functional groups attached to an aromatic ring is 2. The van der Waals surface area contributed by atoms with E-state index in [-0.39, 0.29) is 10.6 Å². The molecule has 1 saturated heterocycles. The molecule has 1 aliphatic heterocycles. The second kappa shape index (κ2) is 7.42. The van der Waals surface area contributed by atoms with E-state index in [1.807, 2.05) is 35.0 Å². The first-order valence-electron chi connectivity index (χ1n) is 9.75. The van der Waals surface area contributed by atoms with Crippen molar-refractivity contribution in [2.75, 3.05) is 11.5 Å². The van der Waals surface area contributed by atoms with Gasteiger partial charge in [-0.3, -0.25) is 0 Å². The minimum Gasteiger partial charge on any atom is -0.389 e. The number of anilines is 2. The summed E-state index contributed by atoms with van der Waals surface area (Å²) in [5.74, 6) is 0.898. The number of fused-ring (bicyclic) bond motifs is 2. The fourth-order valence-corrected chi connectivity index (χ4v) is 5.59. The number of benzene rings is 1. The van der Waals surface area contributed by atoms with Crippen LogP contribution in [0.5, 0.6) is 0 Å². The normalized spacial score (nSPS) is 24.1. The van der Waals surface area contributed by atoms with Crippen LogP contribution >= 0.6 is 11.8 Å². The van der Waals surface area contributed by atoms with Gasteiger partial charge < -0.3 is 26.2 Å². The molecule has 0 aliphatic carbocycles. The number of aliphatic hydroxyl groups is 2. The molecule has 4 heterocycles. The molecule has 1 aromatic carbocycles. The first-order chi connectivity index (χ1) is 14.5. The van der Waals surface area contributed by atoms with Gasteiger partial charge in [0.15, 0.2) is 0 Å². The molecule has 154 valence electrons. The molecule has 1 aliphatic rings. The minimum absolute atomic E-state index is 0.105. The van der Waals surface area contributed by atoms with Crippen molar-refractivity contribution >= 4 is 45.3 Å². The van der Waals surface area contributed by atoms with Gasteiger partial charge in [-0.25, -0.2) is 15.0 Å². The maximum Gasteiger partial charge on any atom is 0.146 e. The van der Waals surface area contributed by atoms with Crippen molar-refractivity contribution in [3.63, 3.8) is 0 Å². The molecule has 4 aromatic rings. The van der Waals surface area contributed by atoms with Crippen LogP contribution in [0.15, 0.2) is 48.9 Å². The number of hydrogen-bond acceptors (Lipinski definition) is 8. The summed E-state index contributed by atoms with van der Waals surface area (Å²) in [6.07, 6.45) is 3.02. The van der Waals surface area contributed by atoms with Crippen LogP contribution < -0.4 is 11.5 Å². The zero-order valence-electron chi connectivity index (χ0n) is 16.1. The molecule has 0 saturated carbocycles. The van der Waals surface area contributed by atoms with Crippen molar-refractivity contribution in [1.29, 1.82) is 0 Å². The van der Waals surface area contributed by atoms with Gasteiger partial charge in [0.1, 0.15) is 35.1 Å². The van der Waals surface area contributed by atoms with Crippen molar-refractivity contribution in [2.24, 2.45) is 0 Å². The second-order valence-corrected chi connectivity index (χ2v) is 8.93. The van der Waals surface area contributed by atoms with Crippen molar-refractivity contribution in [1.82, 2.24) is 19.5 Å². The molecule has 8 nitrogen and oxygen atoms in total. The summed E-state index contributed by atoms with van der Waals surface area (Å²) in [6.45, 7) is 0. The predicted molar refractivity (Wildman–Crippen MR) is 119 cm³/mol. The van der Waals surface area contributed by atoms with Crippen molar-refractivity contribution in [3.8, 4) is 0 Å². The Kier molecular flexibility index (Phi) is 4.73. The topological polar surface area (TPSA) is 136 Å². The maximum atomic E-state index is 10.7. The highest BCUT2D eigenvalue weighted by atomic mass is 32.2. The highest BCUT2D eigenvalue weighted by Gasteiger charge is 2.43. The van der Waals surface area contributed by atoms with Crippen molar-refractivity contribution in [2.45, 2.75) is 35.7 Å². The molecule has 0 amide bonds. The van der Waals surface area contributed by atoms with Gasteiger partial charge in [-0.15, -0.1) is 11.8 Å². The molecule has 0 spiro atoms. The number of nitrogens with zero attached hydrogens (tertiary/aromatic N) is 4. The van der Waals surface area contributed by atoms with Gasteiger partial charge in [0.2, 0.25) is 0 Å². The van der Waals surface area contributed by atoms with E-state index in [1.165, 1.54) is 6.33 Å². The first kappa shape index (κ1) is 19.1. The average molecular weight is 423 g/mol. The van der Waals surface area contributed by atoms with Crippen LogP contribution in [0.1, 0.15) is 17.4 Å². The van der Waals surface area contributed by atoms with Crippen LogP contribution in [0.4, 0.5) is 11.6 Å². The molecule has 0 unspecified atom stereocenters. The van der Waals surface area contributed by atoms with Gasteiger partial charge in [0.05, 0.1) is 17.0 Å². The van der Waals surface area contributed by atoms with Gasteiger partial charge in [-0.05, 0) is 42.7 Å².